The van der Waals surface area contributed by atoms with Crippen molar-refractivity contribution in [3.8, 4) is 0 Å². The van der Waals surface area contributed by atoms with Crippen molar-refractivity contribution in [2.75, 3.05) is 13.6 Å². The van der Waals surface area contributed by atoms with Gasteiger partial charge >= 0.3 is 0 Å². The van der Waals surface area contributed by atoms with E-state index in [1.165, 1.54) is 11.1 Å². The zero-order valence-corrected chi connectivity index (χ0v) is 12.2. The van der Waals surface area contributed by atoms with E-state index in [1.54, 1.807) is 0 Å². The first-order valence-corrected chi connectivity index (χ1v) is 7.28. The van der Waals surface area contributed by atoms with Crippen LogP contribution in [0.2, 0.25) is 0 Å². The van der Waals surface area contributed by atoms with Crippen molar-refractivity contribution in [3.63, 3.8) is 0 Å². The Morgan fingerprint density at radius 2 is 2.10 bits per heavy atom. The molecule has 0 spiro atoms. The third-order valence-electron chi connectivity index (χ3n) is 4.06. The predicted octanol–water partition coefficient (Wildman–Crippen LogP) is 3.25. The van der Waals surface area contributed by atoms with Crippen LogP contribution in [0.4, 0.5) is 0 Å². The average Bonchev–Trinajstić information content (AvgIpc) is 2.74. The SMILES string of the molecule is Cc1ccc(CN(C)C2CCNCc3ccccc32)o1. The van der Waals surface area contributed by atoms with Crippen molar-refractivity contribution in [3.05, 3.63) is 59.0 Å². The van der Waals surface area contributed by atoms with Crippen LogP contribution in [0.15, 0.2) is 40.8 Å². The molecule has 1 aromatic heterocycles. The highest BCUT2D eigenvalue weighted by atomic mass is 16.3. The molecular weight excluding hydrogens is 248 g/mol. The van der Waals surface area contributed by atoms with Crippen LogP contribution >= 0.6 is 0 Å². The highest BCUT2D eigenvalue weighted by Crippen LogP contribution is 2.29. The maximum atomic E-state index is 5.71. The van der Waals surface area contributed by atoms with Gasteiger partial charge in [-0.25, -0.2) is 0 Å². The van der Waals surface area contributed by atoms with Gasteiger partial charge in [0.2, 0.25) is 0 Å². The summed E-state index contributed by atoms with van der Waals surface area (Å²) < 4.78 is 5.71. The Hall–Kier alpha value is -1.58. The number of hydrogen-bond donors (Lipinski definition) is 1. The molecule has 0 aliphatic carbocycles. The summed E-state index contributed by atoms with van der Waals surface area (Å²) in [6, 6.07) is 13.3. The lowest BCUT2D eigenvalue weighted by Gasteiger charge is -2.27. The van der Waals surface area contributed by atoms with Gasteiger partial charge in [-0.1, -0.05) is 24.3 Å². The van der Waals surface area contributed by atoms with Gasteiger partial charge in [-0.2, -0.15) is 0 Å². The molecule has 1 N–H and O–H groups in total. The van der Waals surface area contributed by atoms with E-state index < -0.39 is 0 Å². The van der Waals surface area contributed by atoms with Gasteiger partial charge in [-0.15, -0.1) is 0 Å². The molecule has 1 aromatic carbocycles. The lowest BCUT2D eigenvalue weighted by Crippen LogP contribution is -2.25. The van der Waals surface area contributed by atoms with Crippen molar-refractivity contribution in [2.24, 2.45) is 0 Å². The first kappa shape index (κ1) is 13.4. The molecule has 0 bridgehead atoms. The van der Waals surface area contributed by atoms with Crippen molar-refractivity contribution in [2.45, 2.75) is 32.5 Å². The zero-order valence-electron chi connectivity index (χ0n) is 12.2. The standard InChI is InChI=1S/C17H22N2O/c1-13-7-8-15(20-13)12-19(2)17-9-10-18-11-14-5-3-4-6-16(14)17/h3-8,17-18H,9-12H2,1-2H3. The second-order valence-corrected chi connectivity index (χ2v) is 5.61. The summed E-state index contributed by atoms with van der Waals surface area (Å²) in [6.07, 6.45) is 1.13. The number of rotatable bonds is 3. The Balaban J connectivity index is 1.81. The van der Waals surface area contributed by atoms with Gasteiger partial charge in [0, 0.05) is 12.6 Å². The molecule has 1 unspecified atom stereocenters. The Kier molecular flexibility index (Phi) is 3.90. The molecule has 0 radical (unpaired) electrons. The normalized spacial score (nSPS) is 18.9. The van der Waals surface area contributed by atoms with Crippen LogP contribution in [0.1, 0.15) is 35.1 Å². The lowest BCUT2D eigenvalue weighted by atomic mass is 9.98. The van der Waals surface area contributed by atoms with Gasteiger partial charge in [0.1, 0.15) is 11.5 Å². The van der Waals surface area contributed by atoms with Crippen molar-refractivity contribution < 1.29 is 4.42 Å². The molecule has 0 amide bonds. The van der Waals surface area contributed by atoms with Crippen molar-refractivity contribution in [1.29, 1.82) is 0 Å². The summed E-state index contributed by atoms with van der Waals surface area (Å²) in [4.78, 5) is 2.39. The number of benzene rings is 1. The fourth-order valence-corrected chi connectivity index (χ4v) is 3.02. The third kappa shape index (κ3) is 2.79. The number of aryl methyl sites for hydroxylation is 1. The molecule has 0 saturated carbocycles. The minimum atomic E-state index is 0.451. The highest BCUT2D eigenvalue weighted by molar-refractivity contribution is 5.31. The Morgan fingerprint density at radius 3 is 2.90 bits per heavy atom. The minimum absolute atomic E-state index is 0.451. The Labute approximate surface area is 120 Å². The summed E-state index contributed by atoms with van der Waals surface area (Å²) in [5, 5.41) is 3.51. The maximum absolute atomic E-state index is 5.71. The third-order valence-corrected chi connectivity index (χ3v) is 4.06. The van der Waals surface area contributed by atoms with Gasteiger partial charge in [0.05, 0.1) is 6.54 Å². The maximum Gasteiger partial charge on any atom is 0.118 e. The summed E-state index contributed by atoms with van der Waals surface area (Å²) in [7, 11) is 2.19. The summed E-state index contributed by atoms with van der Waals surface area (Å²) >= 11 is 0. The average molecular weight is 270 g/mol. The molecule has 2 aromatic rings. The molecule has 2 heterocycles. The van der Waals surface area contributed by atoms with Crippen LogP contribution in [0.3, 0.4) is 0 Å². The van der Waals surface area contributed by atoms with Crippen LogP contribution in [-0.4, -0.2) is 18.5 Å². The van der Waals surface area contributed by atoms with Crippen LogP contribution in [0.5, 0.6) is 0 Å². The van der Waals surface area contributed by atoms with E-state index in [4.69, 9.17) is 4.42 Å². The molecule has 20 heavy (non-hydrogen) atoms. The van der Waals surface area contributed by atoms with E-state index in [0.29, 0.717) is 6.04 Å². The quantitative estimate of drug-likeness (QED) is 0.928. The van der Waals surface area contributed by atoms with E-state index in [0.717, 1.165) is 37.6 Å². The molecule has 0 saturated heterocycles. The molecule has 1 atom stereocenters. The Bertz CT molecular complexity index is 576. The van der Waals surface area contributed by atoms with Gasteiger partial charge in [-0.05, 0) is 50.2 Å². The van der Waals surface area contributed by atoms with Crippen LogP contribution in [0.25, 0.3) is 0 Å². The monoisotopic (exact) mass is 270 g/mol. The van der Waals surface area contributed by atoms with Gasteiger partial charge in [0.15, 0.2) is 0 Å². The van der Waals surface area contributed by atoms with E-state index in [2.05, 4.69) is 47.6 Å². The van der Waals surface area contributed by atoms with E-state index in [9.17, 15) is 0 Å². The fraction of sp³-hybridized carbons (Fsp3) is 0.412. The fourth-order valence-electron chi connectivity index (χ4n) is 3.02. The highest BCUT2D eigenvalue weighted by Gasteiger charge is 2.22. The van der Waals surface area contributed by atoms with Gasteiger partial charge in [-0.3, -0.25) is 4.90 Å². The molecular formula is C17H22N2O. The largest absolute Gasteiger partial charge is 0.465 e. The molecule has 3 nitrogen and oxygen atoms in total. The lowest BCUT2D eigenvalue weighted by molar-refractivity contribution is 0.208. The molecule has 106 valence electrons. The van der Waals surface area contributed by atoms with Crippen molar-refractivity contribution >= 4 is 0 Å². The number of hydrogen-bond acceptors (Lipinski definition) is 3. The molecule has 0 fully saturated rings. The van der Waals surface area contributed by atoms with Crippen LogP contribution < -0.4 is 5.32 Å². The molecule has 1 aliphatic heterocycles. The summed E-state index contributed by atoms with van der Waals surface area (Å²) in [5.41, 5.74) is 2.86. The Morgan fingerprint density at radius 1 is 1.25 bits per heavy atom. The number of nitrogens with one attached hydrogen (secondary N) is 1. The number of furan rings is 1. The van der Waals surface area contributed by atoms with Gasteiger partial charge in [0.25, 0.3) is 0 Å². The topological polar surface area (TPSA) is 28.4 Å². The van der Waals surface area contributed by atoms with Crippen molar-refractivity contribution in [1.82, 2.24) is 10.2 Å². The summed E-state index contributed by atoms with van der Waals surface area (Å²) in [6.45, 7) is 4.88. The summed E-state index contributed by atoms with van der Waals surface area (Å²) in [5.74, 6) is 2.02. The van der Waals surface area contributed by atoms with Crippen LogP contribution in [-0.2, 0) is 13.1 Å². The van der Waals surface area contributed by atoms with Crippen LogP contribution in [0, 0.1) is 6.92 Å². The minimum Gasteiger partial charge on any atom is -0.465 e. The molecule has 3 rings (SSSR count). The van der Waals surface area contributed by atoms with E-state index in [1.807, 2.05) is 13.0 Å². The molecule has 3 heteroatoms. The zero-order chi connectivity index (χ0) is 13.9. The van der Waals surface area contributed by atoms with E-state index in [-0.39, 0.29) is 0 Å². The second-order valence-electron chi connectivity index (χ2n) is 5.61. The second kappa shape index (κ2) is 5.81. The number of nitrogens with zero attached hydrogens (tertiary/aromatic N) is 1. The molecule has 1 aliphatic rings. The smallest absolute Gasteiger partial charge is 0.118 e. The predicted molar refractivity (Wildman–Crippen MR) is 80.4 cm³/mol. The van der Waals surface area contributed by atoms with E-state index >= 15 is 0 Å². The number of fused-ring (bicyclic) bond motifs is 1. The first-order chi connectivity index (χ1) is 9.74. The van der Waals surface area contributed by atoms with Gasteiger partial charge < -0.3 is 9.73 Å². The first-order valence-electron chi connectivity index (χ1n) is 7.28.